The third-order valence-corrected chi connectivity index (χ3v) is 4.53. The first-order valence-electron chi connectivity index (χ1n) is 8.76. The predicted octanol–water partition coefficient (Wildman–Crippen LogP) is -0.133. The fraction of sp³-hybridized carbons (Fsp3) is 0.316. The van der Waals surface area contributed by atoms with Crippen molar-refractivity contribution in [3.8, 4) is 17.6 Å². The number of nitrogen functional groups attached to an aromatic ring is 1. The van der Waals surface area contributed by atoms with Crippen LogP contribution >= 0.6 is 0 Å². The van der Waals surface area contributed by atoms with E-state index >= 15 is 0 Å². The molecule has 2 amide bonds. The molecule has 0 spiro atoms. The number of primary amides is 1. The molecule has 1 saturated heterocycles. The second-order valence-corrected chi connectivity index (χ2v) is 6.34. The molecule has 146 valence electrons. The number of nitrogens with two attached hydrogens (primary N) is 2. The van der Waals surface area contributed by atoms with Crippen LogP contribution < -0.4 is 26.8 Å². The van der Waals surface area contributed by atoms with Gasteiger partial charge in [-0.05, 0) is 37.1 Å². The van der Waals surface area contributed by atoms with Gasteiger partial charge in [-0.15, -0.1) is 0 Å². The van der Waals surface area contributed by atoms with Gasteiger partial charge in [0.25, 0.3) is 11.8 Å². The molecule has 0 aliphatic carbocycles. The normalized spacial score (nSPS) is 15.6. The highest BCUT2D eigenvalue weighted by Crippen LogP contribution is 2.24. The van der Waals surface area contributed by atoms with Crippen molar-refractivity contribution in [2.75, 3.05) is 33.0 Å². The van der Waals surface area contributed by atoms with Crippen molar-refractivity contribution in [1.29, 1.82) is 0 Å². The molecule has 1 atom stereocenters. The van der Waals surface area contributed by atoms with E-state index in [4.69, 9.17) is 16.2 Å². The molecule has 1 aromatic heterocycles. The number of aromatic nitrogens is 2. The third kappa shape index (κ3) is 3.77. The summed E-state index contributed by atoms with van der Waals surface area (Å²) < 4.78 is 6.83. The number of nitrogens with one attached hydrogen (secondary N) is 2. The van der Waals surface area contributed by atoms with Gasteiger partial charge >= 0.3 is 0 Å². The monoisotopic (exact) mass is 382 g/mol. The van der Waals surface area contributed by atoms with E-state index < -0.39 is 5.91 Å². The van der Waals surface area contributed by atoms with Crippen molar-refractivity contribution in [3.05, 3.63) is 40.6 Å². The van der Waals surface area contributed by atoms with Crippen LogP contribution in [0, 0.1) is 11.8 Å². The number of anilines is 1. The molecule has 0 radical (unpaired) electrons. The molecule has 9 nitrogen and oxygen atoms in total. The van der Waals surface area contributed by atoms with Gasteiger partial charge < -0.3 is 26.8 Å². The van der Waals surface area contributed by atoms with Gasteiger partial charge in [-0.25, -0.2) is 4.68 Å². The summed E-state index contributed by atoms with van der Waals surface area (Å²) in [4.78, 5) is 23.8. The SMILES string of the molecule is CNC(=O)c1cc(C#Cc2nn(C3CCNC3)c(N)c2C(N)=O)cc(OC)c1. The lowest BCUT2D eigenvalue weighted by Gasteiger charge is -2.10. The van der Waals surface area contributed by atoms with E-state index in [1.54, 1.807) is 29.9 Å². The van der Waals surface area contributed by atoms with Gasteiger partial charge in [-0.2, -0.15) is 5.10 Å². The summed E-state index contributed by atoms with van der Waals surface area (Å²) in [6.45, 7) is 1.56. The number of amides is 2. The van der Waals surface area contributed by atoms with Crippen LogP contribution in [0.1, 0.15) is 44.4 Å². The maximum absolute atomic E-state index is 11.9. The number of rotatable bonds is 4. The van der Waals surface area contributed by atoms with Crippen molar-refractivity contribution >= 4 is 17.6 Å². The van der Waals surface area contributed by atoms with Crippen LogP contribution in [-0.2, 0) is 0 Å². The van der Waals surface area contributed by atoms with Crippen molar-refractivity contribution in [2.24, 2.45) is 5.73 Å². The standard InChI is InChI=1S/C19H22N6O3/c1-22-19(27)12-7-11(8-14(9-12)28-2)3-4-15-16(18(21)26)17(20)25(24-15)13-5-6-23-10-13/h7-9,13,23H,5-6,10,20H2,1-2H3,(H2,21,26)(H,22,27). The minimum Gasteiger partial charge on any atom is -0.497 e. The Hall–Kier alpha value is -3.51. The van der Waals surface area contributed by atoms with Gasteiger partial charge in [0, 0.05) is 24.7 Å². The molecule has 1 aliphatic rings. The van der Waals surface area contributed by atoms with Crippen molar-refractivity contribution in [1.82, 2.24) is 20.4 Å². The van der Waals surface area contributed by atoms with Gasteiger partial charge in [0.1, 0.15) is 17.1 Å². The minimum atomic E-state index is -0.685. The number of carbonyl (C=O) groups excluding carboxylic acids is 2. The van der Waals surface area contributed by atoms with Crippen molar-refractivity contribution in [3.63, 3.8) is 0 Å². The van der Waals surface area contributed by atoms with Crippen LogP contribution in [0.2, 0.25) is 0 Å². The average molecular weight is 382 g/mol. The summed E-state index contributed by atoms with van der Waals surface area (Å²) in [6, 6.07) is 4.97. The molecule has 1 aromatic carbocycles. The largest absolute Gasteiger partial charge is 0.497 e. The number of hydrogen-bond acceptors (Lipinski definition) is 6. The minimum absolute atomic E-state index is 0.0466. The number of nitrogens with zero attached hydrogens (tertiary/aromatic N) is 2. The lowest BCUT2D eigenvalue weighted by molar-refractivity contribution is 0.0961. The smallest absolute Gasteiger partial charge is 0.255 e. The summed E-state index contributed by atoms with van der Waals surface area (Å²) in [6.07, 6.45) is 0.850. The number of methoxy groups -OCH3 is 1. The van der Waals surface area contributed by atoms with E-state index in [9.17, 15) is 9.59 Å². The first kappa shape index (κ1) is 19.3. The van der Waals surface area contributed by atoms with Gasteiger partial charge in [0.2, 0.25) is 0 Å². The Labute approximate surface area is 162 Å². The molecule has 6 N–H and O–H groups in total. The summed E-state index contributed by atoms with van der Waals surface area (Å²) >= 11 is 0. The van der Waals surface area contributed by atoms with Crippen LogP contribution in [0.15, 0.2) is 18.2 Å². The molecule has 2 aromatic rings. The van der Waals surface area contributed by atoms with E-state index in [1.807, 2.05) is 0 Å². The molecule has 1 unspecified atom stereocenters. The summed E-state index contributed by atoms with van der Waals surface area (Å²) in [5.74, 6) is 5.53. The number of benzene rings is 1. The number of carbonyl (C=O) groups is 2. The number of ether oxygens (including phenoxy) is 1. The maximum Gasteiger partial charge on any atom is 0.255 e. The number of hydrogen-bond donors (Lipinski definition) is 4. The third-order valence-electron chi connectivity index (χ3n) is 4.53. The van der Waals surface area contributed by atoms with E-state index in [1.165, 1.54) is 7.11 Å². The maximum atomic E-state index is 11.9. The Bertz CT molecular complexity index is 980. The fourth-order valence-electron chi connectivity index (χ4n) is 3.10. The zero-order valence-corrected chi connectivity index (χ0v) is 15.7. The summed E-state index contributed by atoms with van der Waals surface area (Å²) in [5, 5.41) is 10.2. The molecule has 1 fully saturated rings. The Morgan fingerprint density at radius 1 is 1.36 bits per heavy atom. The van der Waals surface area contributed by atoms with Crippen LogP contribution in [0.4, 0.5) is 5.82 Å². The second kappa shape index (κ2) is 8.02. The van der Waals surface area contributed by atoms with Crippen LogP contribution in [0.5, 0.6) is 5.75 Å². The molecule has 28 heavy (non-hydrogen) atoms. The molecule has 9 heteroatoms. The molecule has 1 aliphatic heterocycles. The van der Waals surface area contributed by atoms with Gasteiger partial charge in [-0.3, -0.25) is 9.59 Å². The summed E-state index contributed by atoms with van der Waals surface area (Å²) in [7, 11) is 3.04. The second-order valence-electron chi connectivity index (χ2n) is 6.34. The molecular weight excluding hydrogens is 360 g/mol. The predicted molar refractivity (Wildman–Crippen MR) is 104 cm³/mol. The van der Waals surface area contributed by atoms with Gasteiger partial charge in [0.15, 0.2) is 5.69 Å². The molecule has 2 heterocycles. The van der Waals surface area contributed by atoms with E-state index in [0.717, 1.165) is 13.0 Å². The molecular formula is C19H22N6O3. The van der Waals surface area contributed by atoms with E-state index in [2.05, 4.69) is 27.6 Å². The Morgan fingerprint density at radius 2 is 2.14 bits per heavy atom. The van der Waals surface area contributed by atoms with Crippen molar-refractivity contribution in [2.45, 2.75) is 12.5 Å². The Balaban J connectivity index is 2.03. The molecule has 0 bridgehead atoms. The zero-order chi connectivity index (χ0) is 20.3. The molecule has 3 rings (SSSR count). The lowest BCUT2D eigenvalue weighted by atomic mass is 10.1. The van der Waals surface area contributed by atoms with Crippen LogP contribution in [-0.4, -0.2) is 48.8 Å². The Morgan fingerprint density at radius 3 is 2.75 bits per heavy atom. The van der Waals surface area contributed by atoms with Gasteiger partial charge in [-0.1, -0.05) is 5.92 Å². The van der Waals surface area contributed by atoms with E-state index in [-0.39, 0.29) is 29.0 Å². The highest BCUT2D eigenvalue weighted by molar-refractivity contribution is 5.99. The summed E-state index contributed by atoms with van der Waals surface area (Å²) in [5.41, 5.74) is 12.9. The van der Waals surface area contributed by atoms with Crippen molar-refractivity contribution < 1.29 is 14.3 Å². The first-order chi connectivity index (χ1) is 13.4. The van der Waals surface area contributed by atoms with Crippen LogP contribution in [0.25, 0.3) is 0 Å². The quantitative estimate of drug-likeness (QED) is 0.544. The Kier molecular flexibility index (Phi) is 5.52. The fourth-order valence-corrected chi connectivity index (χ4v) is 3.10. The highest BCUT2D eigenvalue weighted by atomic mass is 16.5. The zero-order valence-electron chi connectivity index (χ0n) is 15.7. The molecule has 0 saturated carbocycles. The average Bonchev–Trinajstić information content (AvgIpc) is 3.32. The topological polar surface area (TPSA) is 137 Å². The van der Waals surface area contributed by atoms with Gasteiger partial charge in [0.05, 0.1) is 13.2 Å². The lowest BCUT2D eigenvalue weighted by Crippen LogP contribution is -2.18. The highest BCUT2D eigenvalue weighted by Gasteiger charge is 2.25. The van der Waals surface area contributed by atoms with Crippen LogP contribution in [0.3, 0.4) is 0 Å². The first-order valence-corrected chi connectivity index (χ1v) is 8.76. The van der Waals surface area contributed by atoms with E-state index in [0.29, 0.717) is 23.4 Å².